The Morgan fingerprint density at radius 3 is 2.22 bits per heavy atom. The monoisotopic (exact) mass is 440 g/mol. The molecule has 3 rings (SSSR count). The van der Waals surface area contributed by atoms with Gasteiger partial charge in [0.2, 0.25) is 0 Å². The topological polar surface area (TPSA) is 86.3 Å². The zero-order valence-corrected chi connectivity index (χ0v) is 18.8. The average Bonchev–Trinajstić information content (AvgIpc) is 3.05. The Kier molecular flexibility index (Phi) is 7.72. The highest BCUT2D eigenvalue weighted by atomic mass is 16.5. The Balaban J connectivity index is 2.03. The molecule has 2 aromatic carbocycles. The van der Waals surface area contributed by atoms with Crippen LogP contribution in [0, 0.1) is 0 Å². The van der Waals surface area contributed by atoms with Crippen LogP contribution in [0.3, 0.4) is 0 Å². The van der Waals surface area contributed by atoms with Crippen LogP contribution in [0.4, 0.5) is 5.69 Å². The van der Waals surface area contributed by atoms with Gasteiger partial charge in [-0.05, 0) is 36.2 Å². The number of rotatable bonds is 11. The molecular weight excluding hydrogens is 412 g/mol. The van der Waals surface area contributed by atoms with E-state index in [1.54, 1.807) is 49.6 Å². The van der Waals surface area contributed by atoms with Gasteiger partial charge in [-0.15, -0.1) is 0 Å². The molecule has 0 saturated heterocycles. The van der Waals surface area contributed by atoms with Crippen LogP contribution in [0.1, 0.15) is 18.9 Å². The van der Waals surface area contributed by atoms with Crippen LogP contribution < -0.4 is 19.5 Å². The Labute approximate surface area is 187 Å². The Bertz CT molecular complexity index is 1000. The lowest BCUT2D eigenvalue weighted by Gasteiger charge is -2.15. The molecular formula is C24H28N2O6. The van der Waals surface area contributed by atoms with Crippen molar-refractivity contribution in [2.45, 2.75) is 13.3 Å². The number of nitrogens with one attached hydrogen (secondary N) is 1. The lowest BCUT2D eigenvalue weighted by atomic mass is 10.0. The van der Waals surface area contributed by atoms with E-state index in [0.29, 0.717) is 35.1 Å². The van der Waals surface area contributed by atoms with Crippen molar-refractivity contribution in [1.82, 2.24) is 4.90 Å². The Hall–Kier alpha value is -3.52. The molecule has 0 aromatic heterocycles. The van der Waals surface area contributed by atoms with Crippen molar-refractivity contribution in [3.05, 3.63) is 53.7 Å². The molecule has 0 saturated carbocycles. The van der Waals surface area contributed by atoms with Gasteiger partial charge < -0.3 is 24.3 Å². The molecule has 0 bridgehead atoms. The molecule has 0 atom stereocenters. The van der Waals surface area contributed by atoms with Crippen LogP contribution in [0.15, 0.2) is 48.2 Å². The molecule has 1 aliphatic rings. The summed E-state index contributed by atoms with van der Waals surface area (Å²) in [6, 6.07) is 12.3. The molecule has 1 N–H and O–H groups in total. The first-order valence-corrected chi connectivity index (χ1v) is 10.4. The number of hydrogen-bond donors (Lipinski definition) is 1. The largest absolute Gasteiger partial charge is 0.497 e. The molecule has 2 aromatic rings. The first-order chi connectivity index (χ1) is 15.5. The maximum Gasteiger partial charge on any atom is 0.278 e. The van der Waals surface area contributed by atoms with Crippen molar-refractivity contribution >= 4 is 23.1 Å². The quantitative estimate of drug-likeness (QED) is 0.537. The summed E-state index contributed by atoms with van der Waals surface area (Å²) in [5, 5.41) is 3.11. The maximum atomic E-state index is 13.2. The molecule has 0 fully saturated rings. The summed E-state index contributed by atoms with van der Waals surface area (Å²) < 4.78 is 21.4. The Morgan fingerprint density at radius 2 is 1.59 bits per heavy atom. The second-order valence-electron chi connectivity index (χ2n) is 7.07. The molecule has 0 radical (unpaired) electrons. The highest BCUT2D eigenvalue weighted by molar-refractivity contribution is 6.36. The van der Waals surface area contributed by atoms with Gasteiger partial charge in [0.1, 0.15) is 22.9 Å². The summed E-state index contributed by atoms with van der Waals surface area (Å²) in [4.78, 5) is 27.6. The Morgan fingerprint density at radius 1 is 0.875 bits per heavy atom. The van der Waals surface area contributed by atoms with Crippen LogP contribution in [0.25, 0.3) is 5.57 Å². The standard InChI is InChI=1S/C24H28N2O6/c1-5-13-32-17-8-6-16(7-9-17)21-22(24(28)26(23(21)27)12-14-29-2)25-19-15-18(30-3)10-11-20(19)31-4/h6-11,15,25H,5,12-14H2,1-4H3. The van der Waals surface area contributed by atoms with Crippen molar-refractivity contribution < 1.29 is 28.5 Å². The first-order valence-electron chi connectivity index (χ1n) is 10.4. The molecule has 0 aliphatic carbocycles. The predicted octanol–water partition coefficient (Wildman–Crippen LogP) is 3.33. The molecule has 0 spiro atoms. The molecule has 8 heteroatoms. The van der Waals surface area contributed by atoms with Gasteiger partial charge in [-0.25, -0.2) is 0 Å². The molecule has 1 aliphatic heterocycles. The molecule has 32 heavy (non-hydrogen) atoms. The van der Waals surface area contributed by atoms with Crippen molar-refractivity contribution in [3.63, 3.8) is 0 Å². The van der Waals surface area contributed by atoms with Crippen LogP contribution in [-0.2, 0) is 14.3 Å². The average molecular weight is 440 g/mol. The van der Waals surface area contributed by atoms with Crippen LogP contribution >= 0.6 is 0 Å². The second-order valence-corrected chi connectivity index (χ2v) is 7.07. The van der Waals surface area contributed by atoms with E-state index < -0.39 is 11.8 Å². The summed E-state index contributed by atoms with van der Waals surface area (Å²) in [5.41, 5.74) is 1.56. The number of carbonyl (C=O) groups excluding carboxylic acids is 2. The van der Waals surface area contributed by atoms with Gasteiger partial charge in [-0.3, -0.25) is 14.5 Å². The number of nitrogens with zero attached hydrogens (tertiary/aromatic N) is 1. The van der Waals surface area contributed by atoms with E-state index in [2.05, 4.69) is 5.32 Å². The zero-order chi connectivity index (χ0) is 23.1. The van der Waals surface area contributed by atoms with E-state index in [1.807, 2.05) is 6.92 Å². The third-order valence-electron chi connectivity index (χ3n) is 4.97. The third-order valence-corrected chi connectivity index (χ3v) is 4.97. The van der Waals surface area contributed by atoms with Crippen molar-refractivity contribution in [3.8, 4) is 17.2 Å². The fourth-order valence-electron chi connectivity index (χ4n) is 3.33. The summed E-state index contributed by atoms with van der Waals surface area (Å²) in [6.07, 6.45) is 0.894. The predicted molar refractivity (Wildman–Crippen MR) is 121 cm³/mol. The zero-order valence-electron chi connectivity index (χ0n) is 18.8. The summed E-state index contributed by atoms with van der Waals surface area (Å²) in [7, 11) is 4.60. The van der Waals surface area contributed by atoms with E-state index in [-0.39, 0.29) is 24.4 Å². The summed E-state index contributed by atoms with van der Waals surface area (Å²) >= 11 is 0. The number of carbonyl (C=O) groups is 2. The van der Waals surface area contributed by atoms with Crippen molar-refractivity contribution in [1.29, 1.82) is 0 Å². The van der Waals surface area contributed by atoms with Crippen molar-refractivity contribution in [2.24, 2.45) is 0 Å². The van der Waals surface area contributed by atoms with E-state index in [1.165, 1.54) is 19.1 Å². The number of ether oxygens (including phenoxy) is 4. The third kappa shape index (κ3) is 4.86. The number of imide groups is 1. The first kappa shape index (κ1) is 23.1. The highest BCUT2D eigenvalue weighted by Gasteiger charge is 2.39. The fourth-order valence-corrected chi connectivity index (χ4v) is 3.33. The fraction of sp³-hybridized carbons (Fsp3) is 0.333. The number of methoxy groups -OCH3 is 3. The van der Waals surface area contributed by atoms with E-state index in [4.69, 9.17) is 18.9 Å². The van der Waals surface area contributed by atoms with Gasteiger partial charge in [0.25, 0.3) is 11.8 Å². The van der Waals surface area contributed by atoms with Gasteiger partial charge in [0, 0.05) is 13.2 Å². The number of hydrogen-bond acceptors (Lipinski definition) is 7. The summed E-state index contributed by atoms with van der Waals surface area (Å²) in [5.74, 6) is 0.975. The minimum atomic E-state index is -0.432. The number of amides is 2. The smallest absolute Gasteiger partial charge is 0.278 e. The lowest BCUT2D eigenvalue weighted by Crippen LogP contribution is -2.35. The van der Waals surface area contributed by atoms with E-state index in [9.17, 15) is 9.59 Å². The summed E-state index contributed by atoms with van der Waals surface area (Å²) in [6.45, 7) is 3.02. The van der Waals surface area contributed by atoms with Crippen LogP contribution in [0.5, 0.6) is 17.2 Å². The van der Waals surface area contributed by atoms with Crippen molar-refractivity contribution in [2.75, 3.05) is 46.4 Å². The number of benzene rings is 2. The highest BCUT2D eigenvalue weighted by Crippen LogP contribution is 2.35. The molecule has 8 nitrogen and oxygen atoms in total. The second kappa shape index (κ2) is 10.7. The van der Waals surface area contributed by atoms with Gasteiger partial charge in [0.15, 0.2) is 0 Å². The molecule has 2 amide bonds. The van der Waals surface area contributed by atoms with Gasteiger partial charge in [0.05, 0.1) is 45.2 Å². The van der Waals surface area contributed by atoms with Gasteiger partial charge in [-0.1, -0.05) is 19.1 Å². The minimum absolute atomic E-state index is 0.149. The molecule has 0 unspecified atom stereocenters. The molecule has 170 valence electrons. The van der Waals surface area contributed by atoms with Gasteiger partial charge >= 0.3 is 0 Å². The lowest BCUT2D eigenvalue weighted by molar-refractivity contribution is -0.137. The minimum Gasteiger partial charge on any atom is -0.497 e. The SMILES string of the molecule is CCCOc1ccc(C2=C(Nc3cc(OC)ccc3OC)C(=O)N(CCOC)C2=O)cc1. The van der Waals surface area contributed by atoms with E-state index >= 15 is 0 Å². The van der Waals surface area contributed by atoms with Gasteiger partial charge in [-0.2, -0.15) is 0 Å². The van der Waals surface area contributed by atoms with E-state index in [0.717, 1.165) is 6.42 Å². The number of anilines is 1. The normalized spacial score (nSPS) is 13.6. The maximum absolute atomic E-state index is 13.2. The van der Waals surface area contributed by atoms with Crippen LogP contribution in [-0.4, -0.2) is 57.8 Å². The molecule has 1 heterocycles. The van der Waals surface area contributed by atoms with Crippen LogP contribution in [0.2, 0.25) is 0 Å².